The predicted octanol–water partition coefficient (Wildman–Crippen LogP) is 1.04. The SMILES string of the molecule is CC(C)(CCC=O)OCC(C)(N)OCCC=O. The molecule has 5 heteroatoms. The number of hydrogen-bond donors (Lipinski definition) is 1. The minimum absolute atomic E-state index is 0.220. The Morgan fingerprint density at radius 1 is 1.06 bits per heavy atom. The molecule has 0 aromatic heterocycles. The van der Waals surface area contributed by atoms with Gasteiger partial charge in [0, 0.05) is 12.8 Å². The molecule has 0 radical (unpaired) electrons. The summed E-state index contributed by atoms with van der Waals surface area (Å²) in [6.45, 7) is 6.01. The smallest absolute Gasteiger partial charge is 0.137 e. The van der Waals surface area contributed by atoms with E-state index >= 15 is 0 Å². The number of carbonyl (C=O) groups is 2. The van der Waals surface area contributed by atoms with Gasteiger partial charge in [0.15, 0.2) is 0 Å². The zero-order valence-electron chi connectivity index (χ0n) is 10.9. The van der Waals surface area contributed by atoms with Crippen LogP contribution in [0.2, 0.25) is 0 Å². The standard InChI is InChI=1S/C12H23NO4/c1-11(2,6-4-7-14)17-10-12(3,13)16-9-5-8-15/h7-8H,4-6,9-10,13H2,1-3H3. The lowest BCUT2D eigenvalue weighted by Gasteiger charge is -2.31. The number of aldehydes is 2. The van der Waals surface area contributed by atoms with E-state index in [1.807, 2.05) is 13.8 Å². The van der Waals surface area contributed by atoms with E-state index < -0.39 is 11.3 Å². The fourth-order valence-electron chi connectivity index (χ4n) is 1.20. The maximum absolute atomic E-state index is 10.3. The average Bonchev–Trinajstić information content (AvgIpc) is 2.25. The Hall–Kier alpha value is -0.780. The molecule has 0 rings (SSSR count). The van der Waals surface area contributed by atoms with Crippen LogP contribution in [0.25, 0.3) is 0 Å². The second-order valence-corrected chi connectivity index (χ2v) is 4.87. The fourth-order valence-corrected chi connectivity index (χ4v) is 1.20. The maximum Gasteiger partial charge on any atom is 0.137 e. The summed E-state index contributed by atoms with van der Waals surface area (Å²) in [7, 11) is 0. The second-order valence-electron chi connectivity index (χ2n) is 4.87. The summed E-state index contributed by atoms with van der Waals surface area (Å²) < 4.78 is 11.0. The van der Waals surface area contributed by atoms with E-state index in [2.05, 4.69) is 0 Å². The summed E-state index contributed by atoms with van der Waals surface area (Å²) in [6.07, 6.45) is 3.07. The van der Waals surface area contributed by atoms with Crippen LogP contribution in [0.3, 0.4) is 0 Å². The van der Waals surface area contributed by atoms with Gasteiger partial charge in [-0.1, -0.05) is 0 Å². The van der Waals surface area contributed by atoms with Crippen molar-refractivity contribution in [2.24, 2.45) is 5.73 Å². The molecule has 1 atom stereocenters. The van der Waals surface area contributed by atoms with Crippen LogP contribution in [0.15, 0.2) is 0 Å². The van der Waals surface area contributed by atoms with Crippen LogP contribution in [0.4, 0.5) is 0 Å². The molecule has 0 aliphatic heterocycles. The fraction of sp³-hybridized carbons (Fsp3) is 0.833. The first-order valence-corrected chi connectivity index (χ1v) is 5.77. The first kappa shape index (κ1) is 16.2. The Bertz CT molecular complexity index is 239. The number of ether oxygens (including phenoxy) is 2. The molecule has 17 heavy (non-hydrogen) atoms. The van der Waals surface area contributed by atoms with Gasteiger partial charge in [-0.2, -0.15) is 0 Å². The van der Waals surface area contributed by atoms with Gasteiger partial charge in [-0.25, -0.2) is 0 Å². The third kappa shape index (κ3) is 8.97. The molecule has 1 unspecified atom stereocenters. The van der Waals surface area contributed by atoms with Gasteiger partial charge in [0.25, 0.3) is 0 Å². The van der Waals surface area contributed by atoms with Crippen LogP contribution >= 0.6 is 0 Å². The molecule has 0 aromatic rings. The molecule has 0 saturated carbocycles. The highest BCUT2D eigenvalue weighted by Crippen LogP contribution is 2.18. The van der Waals surface area contributed by atoms with Gasteiger partial charge < -0.3 is 24.8 Å². The molecule has 2 N–H and O–H groups in total. The van der Waals surface area contributed by atoms with Crippen LogP contribution in [-0.4, -0.2) is 37.1 Å². The highest BCUT2D eigenvalue weighted by atomic mass is 16.6. The molecule has 0 aliphatic carbocycles. The summed E-state index contributed by atoms with van der Waals surface area (Å²) in [5.74, 6) is 0. The summed E-state index contributed by atoms with van der Waals surface area (Å²) in [6, 6.07) is 0. The number of hydrogen-bond acceptors (Lipinski definition) is 5. The first-order valence-electron chi connectivity index (χ1n) is 5.77. The highest BCUT2D eigenvalue weighted by Gasteiger charge is 2.25. The van der Waals surface area contributed by atoms with Crippen LogP contribution in [0, 0.1) is 0 Å². The van der Waals surface area contributed by atoms with Gasteiger partial charge in [0.1, 0.15) is 18.3 Å². The zero-order chi connectivity index (χ0) is 13.4. The third-order valence-corrected chi connectivity index (χ3v) is 2.28. The Labute approximate surface area is 103 Å². The third-order valence-electron chi connectivity index (χ3n) is 2.28. The van der Waals surface area contributed by atoms with Crippen LogP contribution in [0.5, 0.6) is 0 Å². The van der Waals surface area contributed by atoms with Gasteiger partial charge in [-0.3, -0.25) is 0 Å². The molecule has 0 heterocycles. The Balaban J connectivity index is 3.97. The molecule has 0 fully saturated rings. The lowest BCUT2D eigenvalue weighted by atomic mass is 10.0. The summed E-state index contributed by atoms with van der Waals surface area (Å²) >= 11 is 0. The van der Waals surface area contributed by atoms with Crippen molar-refractivity contribution in [3.63, 3.8) is 0 Å². The normalized spacial score (nSPS) is 15.3. The van der Waals surface area contributed by atoms with Gasteiger partial charge in [0.05, 0.1) is 18.8 Å². The van der Waals surface area contributed by atoms with Gasteiger partial charge in [0.2, 0.25) is 0 Å². The second kappa shape index (κ2) is 7.53. The quantitative estimate of drug-likeness (QED) is 0.353. The largest absolute Gasteiger partial charge is 0.371 e. The van der Waals surface area contributed by atoms with E-state index in [1.165, 1.54) is 0 Å². The van der Waals surface area contributed by atoms with Crippen molar-refractivity contribution in [2.75, 3.05) is 13.2 Å². The van der Waals surface area contributed by atoms with Crippen molar-refractivity contribution < 1.29 is 19.1 Å². The Kier molecular flexibility index (Phi) is 7.18. The summed E-state index contributed by atoms with van der Waals surface area (Å²) in [5, 5.41) is 0. The summed E-state index contributed by atoms with van der Waals surface area (Å²) in [4.78, 5) is 20.4. The topological polar surface area (TPSA) is 78.6 Å². The lowest BCUT2D eigenvalue weighted by molar-refractivity contribution is -0.132. The van der Waals surface area contributed by atoms with Crippen molar-refractivity contribution in [2.45, 2.75) is 51.4 Å². The molecule has 5 nitrogen and oxygen atoms in total. The molecule has 0 saturated heterocycles. The monoisotopic (exact) mass is 245 g/mol. The van der Waals surface area contributed by atoms with Crippen molar-refractivity contribution in [1.82, 2.24) is 0 Å². The Morgan fingerprint density at radius 2 is 1.65 bits per heavy atom. The molecule has 0 bridgehead atoms. The van der Waals surface area contributed by atoms with Crippen molar-refractivity contribution in [3.05, 3.63) is 0 Å². The molecule has 0 aliphatic rings. The molecule has 0 aromatic carbocycles. The van der Waals surface area contributed by atoms with E-state index in [0.717, 1.165) is 12.6 Å². The minimum atomic E-state index is -0.915. The van der Waals surface area contributed by atoms with Crippen LogP contribution in [-0.2, 0) is 19.1 Å². The zero-order valence-corrected chi connectivity index (χ0v) is 10.9. The van der Waals surface area contributed by atoms with E-state index in [-0.39, 0.29) is 13.2 Å². The van der Waals surface area contributed by atoms with Gasteiger partial charge in [-0.05, 0) is 27.2 Å². The molecule has 0 amide bonds. The van der Waals surface area contributed by atoms with E-state index in [0.29, 0.717) is 19.3 Å². The molecule has 100 valence electrons. The molecular formula is C12H23NO4. The van der Waals surface area contributed by atoms with Gasteiger partial charge in [-0.15, -0.1) is 0 Å². The van der Waals surface area contributed by atoms with Crippen LogP contribution < -0.4 is 5.73 Å². The first-order chi connectivity index (χ1) is 7.83. The highest BCUT2D eigenvalue weighted by molar-refractivity contribution is 5.49. The lowest BCUT2D eigenvalue weighted by Crippen LogP contribution is -2.46. The maximum atomic E-state index is 10.3. The Morgan fingerprint density at radius 3 is 2.18 bits per heavy atom. The summed E-state index contributed by atoms with van der Waals surface area (Å²) in [5.41, 5.74) is 4.54. The molecular weight excluding hydrogens is 222 g/mol. The number of rotatable bonds is 10. The van der Waals surface area contributed by atoms with Crippen molar-refractivity contribution >= 4 is 12.6 Å². The number of nitrogens with two attached hydrogens (primary N) is 1. The van der Waals surface area contributed by atoms with Crippen molar-refractivity contribution in [3.8, 4) is 0 Å². The van der Waals surface area contributed by atoms with E-state index in [1.54, 1.807) is 6.92 Å². The van der Waals surface area contributed by atoms with Crippen LogP contribution in [0.1, 0.15) is 40.0 Å². The predicted molar refractivity (Wildman–Crippen MR) is 64.6 cm³/mol. The number of carbonyl (C=O) groups excluding carboxylic acids is 2. The average molecular weight is 245 g/mol. The minimum Gasteiger partial charge on any atom is -0.371 e. The van der Waals surface area contributed by atoms with Gasteiger partial charge >= 0.3 is 0 Å². The van der Waals surface area contributed by atoms with E-state index in [4.69, 9.17) is 15.2 Å². The van der Waals surface area contributed by atoms with Crippen molar-refractivity contribution in [1.29, 1.82) is 0 Å². The van der Waals surface area contributed by atoms with E-state index in [9.17, 15) is 9.59 Å². The molecule has 0 spiro atoms.